The molecule has 0 spiro atoms. The van der Waals surface area contributed by atoms with Crippen LogP contribution in [0.4, 0.5) is 0 Å². The molecule has 2 N–H and O–H groups in total. The second-order valence-corrected chi connectivity index (χ2v) is 5.88. The highest BCUT2D eigenvalue weighted by atomic mass is 16.2. The van der Waals surface area contributed by atoms with E-state index in [9.17, 15) is 9.59 Å². The molecule has 0 saturated carbocycles. The van der Waals surface area contributed by atoms with Crippen LogP contribution in [0.25, 0.3) is 0 Å². The molecule has 0 saturated heterocycles. The molecule has 2 aromatic heterocycles. The van der Waals surface area contributed by atoms with Gasteiger partial charge < -0.3 is 14.9 Å². The van der Waals surface area contributed by atoms with Gasteiger partial charge in [-0.15, -0.1) is 10.2 Å². The molecule has 0 aromatic carbocycles. The van der Waals surface area contributed by atoms with Crippen LogP contribution >= 0.6 is 0 Å². The standard InChI is InChI=1S/C16H21N5O2/c1-11-6-7-12(16(23)18-11)15(22)17-9-8-14-20-19-13-5-3-2-4-10-21(13)14/h6-7H,2-5,8-10H2,1H3,(H,17,22)(H,18,23). The molecule has 7 heteroatoms. The molecule has 2 aromatic rings. The minimum Gasteiger partial charge on any atom is -0.351 e. The van der Waals surface area contributed by atoms with Gasteiger partial charge in [0.2, 0.25) is 0 Å². The van der Waals surface area contributed by atoms with E-state index in [1.807, 2.05) is 0 Å². The SMILES string of the molecule is Cc1ccc(C(=O)NCCc2nnc3n2CCCCC3)c(=O)[nH]1. The Labute approximate surface area is 134 Å². The first-order chi connectivity index (χ1) is 11.1. The summed E-state index contributed by atoms with van der Waals surface area (Å²) in [6.07, 6.45) is 5.10. The zero-order valence-electron chi connectivity index (χ0n) is 13.3. The van der Waals surface area contributed by atoms with E-state index in [0.717, 1.165) is 43.1 Å². The maximum absolute atomic E-state index is 12.1. The number of amides is 1. The zero-order chi connectivity index (χ0) is 16.2. The summed E-state index contributed by atoms with van der Waals surface area (Å²) in [7, 11) is 0. The van der Waals surface area contributed by atoms with E-state index in [1.165, 1.54) is 6.42 Å². The first-order valence-corrected chi connectivity index (χ1v) is 8.04. The molecule has 0 aliphatic carbocycles. The summed E-state index contributed by atoms with van der Waals surface area (Å²) in [5.41, 5.74) is 0.507. The quantitative estimate of drug-likeness (QED) is 0.879. The fourth-order valence-corrected chi connectivity index (χ4v) is 2.86. The summed E-state index contributed by atoms with van der Waals surface area (Å²) in [5.74, 6) is 1.58. The second-order valence-electron chi connectivity index (χ2n) is 5.88. The Morgan fingerprint density at radius 2 is 2.17 bits per heavy atom. The van der Waals surface area contributed by atoms with Gasteiger partial charge in [-0.2, -0.15) is 0 Å². The Morgan fingerprint density at radius 1 is 1.30 bits per heavy atom. The molecule has 1 aliphatic rings. The van der Waals surface area contributed by atoms with Crippen molar-refractivity contribution in [3.05, 3.63) is 45.4 Å². The molecule has 3 rings (SSSR count). The predicted molar refractivity (Wildman–Crippen MR) is 85.4 cm³/mol. The smallest absolute Gasteiger partial charge is 0.260 e. The van der Waals surface area contributed by atoms with Crippen molar-refractivity contribution in [2.75, 3.05) is 6.54 Å². The van der Waals surface area contributed by atoms with Gasteiger partial charge >= 0.3 is 0 Å². The van der Waals surface area contributed by atoms with E-state index in [2.05, 4.69) is 25.1 Å². The van der Waals surface area contributed by atoms with Gasteiger partial charge in [-0.05, 0) is 31.9 Å². The number of rotatable bonds is 4. The summed E-state index contributed by atoms with van der Waals surface area (Å²) in [6.45, 7) is 3.16. The largest absolute Gasteiger partial charge is 0.351 e. The van der Waals surface area contributed by atoms with Gasteiger partial charge in [0.1, 0.15) is 17.2 Å². The third-order valence-electron chi connectivity index (χ3n) is 4.12. The summed E-state index contributed by atoms with van der Waals surface area (Å²) < 4.78 is 2.16. The highest BCUT2D eigenvalue weighted by Gasteiger charge is 2.15. The van der Waals surface area contributed by atoms with Gasteiger partial charge in [-0.3, -0.25) is 9.59 Å². The molecule has 3 heterocycles. The fraction of sp³-hybridized carbons (Fsp3) is 0.500. The Kier molecular flexibility index (Phi) is 4.55. The van der Waals surface area contributed by atoms with Crippen molar-refractivity contribution in [2.24, 2.45) is 0 Å². The summed E-state index contributed by atoms with van der Waals surface area (Å²) in [5, 5.41) is 11.3. The van der Waals surface area contributed by atoms with Crippen LogP contribution in [0, 0.1) is 6.92 Å². The number of pyridine rings is 1. The van der Waals surface area contributed by atoms with Crippen molar-refractivity contribution in [2.45, 2.75) is 45.6 Å². The third-order valence-corrected chi connectivity index (χ3v) is 4.12. The lowest BCUT2D eigenvalue weighted by Gasteiger charge is -2.08. The minimum atomic E-state index is -0.362. The number of H-pyrrole nitrogens is 1. The average Bonchev–Trinajstić information content (AvgIpc) is 2.75. The molecular formula is C16H21N5O2. The van der Waals surface area contributed by atoms with Crippen LogP contribution in [0.15, 0.2) is 16.9 Å². The number of nitrogens with zero attached hydrogens (tertiary/aromatic N) is 3. The number of aryl methyl sites for hydroxylation is 2. The third kappa shape index (κ3) is 3.49. The van der Waals surface area contributed by atoms with Gasteiger partial charge in [0.05, 0.1) is 0 Å². The lowest BCUT2D eigenvalue weighted by atomic mass is 10.2. The molecule has 0 unspecified atom stereocenters. The van der Waals surface area contributed by atoms with Gasteiger partial charge in [0.15, 0.2) is 0 Å². The van der Waals surface area contributed by atoms with Gasteiger partial charge in [0, 0.05) is 31.6 Å². The number of carbonyl (C=O) groups is 1. The van der Waals surface area contributed by atoms with Crippen molar-refractivity contribution >= 4 is 5.91 Å². The van der Waals surface area contributed by atoms with Crippen LogP contribution in [-0.4, -0.2) is 32.2 Å². The monoisotopic (exact) mass is 315 g/mol. The number of nitrogens with one attached hydrogen (secondary N) is 2. The van der Waals surface area contributed by atoms with E-state index in [1.54, 1.807) is 19.1 Å². The summed E-state index contributed by atoms with van der Waals surface area (Å²) in [4.78, 5) is 26.5. The molecular weight excluding hydrogens is 294 g/mol. The second kappa shape index (κ2) is 6.76. The normalized spacial score (nSPS) is 14.1. The number of hydrogen-bond donors (Lipinski definition) is 2. The van der Waals surface area contributed by atoms with Crippen LogP contribution in [0.1, 0.15) is 47.0 Å². The van der Waals surface area contributed by atoms with Crippen molar-refractivity contribution in [1.29, 1.82) is 0 Å². The molecule has 0 bridgehead atoms. The van der Waals surface area contributed by atoms with Crippen molar-refractivity contribution in [1.82, 2.24) is 25.1 Å². The summed E-state index contributed by atoms with van der Waals surface area (Å²) in [6, 6.07) is 3.27. The Bertz CT molecular complexity index is 762. The van der Waals surface area contributed by atoms with E-state index in [-0.39, 0.29) is 17.0 Å². The Morgan fingerprint density at radius 3 is 3.00 bits per heavy atom. The molecule has 0 radical (unpaired) electrons. The average molecular weight is 315 g/mol. The van der Waals surface area contributed by atoms with E-state index in [0.29, 0.717) is 13.0 Å². The molecule has 23 heavy (non-hydrogen) atoms. The van der Waals surface area contributed by atoms with Crippen LogP contribution in [-0.2, 0) is 19.4 Å². The van der Waals surface area contributed by atoms with Crippen LogP contribution in [0.5, 0.6) is 0 Å². The van der Waals surface area contributed by atoms with E-state index >= 15 is 0 Å². The summed E-state index contributed by atoms with van der Waals surface area (Å²) >= 11 is 0. The van der Waals surface area contributed by atoms with E-state index < -0.39 is 0 Å². The molecule has 1 aliphatic heterocycles. The molecule has 7 nitrogen and oxygen atoms in total. The van der Waals surface area contributed by atoms with E-state index in [4.69, 9.17) is 0 Å². The van der Waals surface area contributed by atoms with Crippen molar-refractivity contribution in [3.8, 4) is 0 Å². The number of aromatic amines is 1. The Hall–Kier alpha value is -2.44. The first kappa shape index (κ1) is 15.5. The van der Waals surface area contributed by atoms with Crippen molar-refractivity contribution in [3.63, 3.8) is 0 Å². The highest BCUT2D eigenvalue weighted by Crippen LogP contribution is 2.14. The number of fused-ring (bicyclic) bond motifs is 1. The number of hydrogen-bond acceptors (Lipinski definition) is 4. The predicted octanol–water partition coefficient (Wildman–Crippen LogP) is 0.974. The number of aromatic nitrogens is 4. The molecule has 1 amide bonds. The van der Waals surface area contributed by atoms with Crippen LogP contribution in [0.3, 0.4) is 0 Å². The molecule has 0 atom stereocenters. The maximum atomic E-state index is 12.1. The lowest BCUT2D eigenvalue weighted by molar-refractivity contribution is 0.0952. The van der Waals surface area contributed by atoms with Gasteiger partial charge in [0.25, 0.3) is 11.5 Å². The number of carbonyl (C=O) groups excluding carboxylic acids is 1. The van der Waals surface area contributed by atoms with Gasteiger partial charge in [-0.1, -0.05) is 6.42 Å². The maximum Gasteiger partial charge on any atom is 0.260 e. The van der Waals surface area contributed by atoms with Crippen LogP contribution < -0.4 is 10.9 Å². The first-order valence-electron chi connectivity index (χ1n) is 8.04. The minimum absolute atomic E-state index is 0.135. The van der Waals surface area contributed by atoms with Gasteiger partial charge in [-0.25, -0.2) is 0 Å². The Balaban J connectivity index is 1.60. The van der Waals surface area contributed by atoms with Crippen LogP contribution in [0.2, 0.25) is 0 Å². The topological polar surface area (TPSA) is 92.7 Å². The van der Waals surface area contributed by atoms with Crippen molar-refractivity contribution < 1.29 is 4.79 Å². The molecule has 0 fully saturated rings. The molecule has 122 valence electrons. The zero-order valence-corrected chi connectivity index (χ0v) is 13.3. The fourth-order valence-electron chi connectivity index (χ4n) is 2.86. The lowest BCUT2D eigenvalue weighted by Crippen LogP contribution is -2.31. The highest BCUT2D eigenvalue weighted by molar-refractivity contribution is 5.93.